The van der Waals surface area contributed by atoms with Gasteiger partial charge in [-0.05, 0) is 25.1 Å². The second kappa shape index (κ2) is 5.56. The number of carbonyl (C=O) groups excluding carboxylic acids is 1. The van der Waals surface area contributed by atoms with E-state index in [1.807, 2.05) is 23.0 Å². The van der Waals surface area contributed by atoms with E-state index < -0.39 is 0 Å². The highest BCUT2D eigenvalue weighted by Crippen LogP contribution is 2.12. The fourth-order valence-corrected chi connectivity index (χ4v) is 1.45. The molecular weight excluding hydrogens is 192 g/mol. The zero-order chi connectivity index (χ0) is 11.3. The maximum atomic E-state index is 11.0. The first-order valence-electron chi connectivity index (χ1n) is 5.13. The van der Waals surface area contributed by atoms with Crippen molar-refractivity contribution >= 4 is 5.97 Å². The number of esters is 1. The average molecular weight is 210 g/mol. The first-order chi connectivity index (χ1) is 7.17. The van der Waals surface area contributed by atoms with Crippen LogP contribution in [0.2, 0.25) is 0 Å². The number of aromatic nitrogens is 1. The molecule has 1 heterocycles. The molecule has 1 aromatic rings. The van der Waals surface area contributed by atoms with Crippen LogP contribution < -0.4 is 5.32 Å². The number of hydrogen-bond donors (Lipinski definition) is 1. The Kier molecular flexibility index (Phi) is 4.37. The Morgan fingerprint density at radius 3 is 3.00 bits per heavy atom. The van der Waals surface area contributed by atoms with Crippen LogP contribution in [0.4, 0.5) is 0 Å². The normalized spacial score (nSPS) is 12.5. The van der Waals surface area contributed by atoms with Gasteiger partial charge >= 0.3 is 5.97 Å². The monoisotopic (exact) mass is 210 g/mol. The summed E-state index contributed by atoms with van der Waals surface area (Å²) in [6, 6.07) is 2.32. The van der Waals surface area contributed by atoms with E-state index in [2.05, 4.69) is 23.9 Å². The first-order valence-corrected chi connectivity index (χ1v) is 5.13. The van der Waals surface area contributed by atoms with Crippen molar-refractivity contribution in [2.24, 2.45) is 0 Å². The van der Waals surface area contributed by atoms with E-state index >= 15 is 0 Å². The number of methoxy groups -OCH3 is 1. The van der Waals surface area contributed by atoms with Crippen molar-refractivity contribution in [3.05, 3.63) is 24.0 Å². The van der Waals surface area contributed by atoms with Gasteiger partial charge in [-0.25, -0.2) is 0 Å². The Bertz CT molecular complexity index is 320. The van der Waals surface area contributed by atoms with Gasteiger partial charge in [0.05, 0.1) is 7.11 Å². The SMILES string of the molecule is CCNC(C)c1ccn(CC(=O)OC)c1. The molecule has 1 unspecified atom stereocenters. The number of ether oxygens (including phenoxy) is 1. The van der Waals surface area contributed by atoms with E-state index in [0.717, 1.165) is 6.54 Å². The second-order valence-electron chi connectivity index (χ2n) is 3.47. The Morgan fingerprint density at radius 1 is 1.67 bits per heavy atom. The maximum absolute atomic E-state index is 11.0. The molecule has 4 heteroatoms. The summed E-state index contributed by atoms with van der Waals surface area (Å²) in [5.41, 5.74) is 1.18. The van der Waals surface area contributed by atoms with Crippen molar-refractivity contribution in [3.8, 4) is 0 Å². The van der Waals surface area contributed by atoms with Gasteiger partial charge in [-0.3, -0.25) is 4.79 Å². The van der Waals surface area contributed by atoms with Crippen LogP contribution in [0.5, 0.6) is 0 Å². The summed E-state index contributed by atoms with van der Waals surface area (Å²) in [5, 5.41) is 3.31. The molecule has 0 amide bonds. The van der Waals surface area contributed by atoms with Gasteiger partial charge in [-0.2, -0.15) is 0 Å². The van der Waals surface area contributed by atoms with Gasteiger partial charge in [-0.1, -0.05) is 6.92 Å². The molecule has 0 aliphatic carbocycles. The summed E-state index contributed by atoms with van der Waals surface area (Å²) in [5.74, 6) is -0.228. The molecule has 4 nitrogen and oxygen atoms in total. The Hall–Kier alpha value is -1.29. The molecule has 0 saturated carbocycles. The number of hydrogen-bond acceptors (Lipinski definition) is 3. The van der Waals surface area contributed by atoms with Crippen LogP contribution in [-0.2, 0) is 16.1 Å². The van der Waals surface area contributed by atoms with Crippen LogP contribution in [0.15, 0.2) is 18.5 Å². The third-order valence-electron chi connectivity index (χ3n) is 2.32. The zero-order valence-corrected chi connectivity index (χ0v) is 9.49. The highest BCUT2D eigenvalue weighted by Gasteiger charge is 2.07. The quantitative estimate of drug-likeness (QED) is 0.746. The van der Waals surface area contributed by atoms with Crippen LogP contribution in [0.1, 0.15) is 25.5 Å². The molecule has 1 atom stereocenters. The average Bonchev–Trinajstić information content (AvgIpc) is 2.66. The minimum absolute atomic E-state index is 0.228. The van der Waals surface area contributed by atoms with E-state index in [1.54, 1.807) is 0 Å². The Balaban J connectivity index is 2.59. The number of rotatable bonds is 5. The van der Waals surface area contributed by atoms with Gasteiger partial charge in [0.1, 0.15) is 6.54 Å². The highest BCUT2D eigenvalue weighted by molar-refractivity contribution is 5.68. The first kappa shape index (κ1) is 11.8. The largest absolute Gasteiger partial charge is 0.468 e. The van der Waals surface area contributed by atoms with E-state index in [0.29, 0.717) is 6.04 Å². The third-order valence-corrected chi connectivity index (χ3v) is 2.32. The van der Waals surface area contributed by atoms with Gasteiger partial charge in [-0.15, -0.1) is 0 Å². The predicted molar refractivity (Wildman–Crippen MR) is 58.5 cm³/mol. The zero-order valence-electron chi connectivity index (χ0n) is 9.49. The summed E-state index contributed by atoms with van der Waals surface area (Å²) in [7, 11) is 1.40. The van der Waals surface area contributed by atoms with Gasteiger partial charge in [0, 0.05) is 18.4 Å². The molecule has 1 N–H and O–H groups in total. The van der Waals surface area contributed by atoms with Gasteiger partial charge in [0.15, 0.2) is 0 Å². The van der Waals surface area contributed by atoms with Crippen molar-refractivity contribution < 1.29 is 9.53 Å². The van der Waals surface area contributed by atoms with Crippen LogP contribution in [0.3, 0.4) is 0 Å². The Labute approximate surface area is 90.2 Å². The molecule has 84 valence electrons. The van der Waals surface area contributed by atoms with Crippen LogP contribution in [0, 0.1) is 0 Å². The number of nitrogens with zero attached hydrogens (tertiary/aromatic N) is 1. The van der Waals surface area contributed by atoms with Crippen molar-refractivity contribution in [2.75, 3.05) is 13.7 Å². The molecule has 0 aliphatic heterocycles. The minimum Gasteiger partial charge on any atom is -0.468 e. The summed E-state index contributed by atoms with van der Waals surface area (Å²) in [6.07, 6.45) is 3.85. The maximum Gasteiger partial charge on any atom is 0.325 e. The number of carbonyl (C=O) groups is 1. The van der Waals surface area contributed by atoms with E-state index in [9.17, 15) is 4.79 Å². The second-order valence-corrected chi connectivity index (χ2v) is 3.47. The third kappa shape index (κ3) is 3.40. The predicted octanol–water partition coefficient (Wildman–Crippen LogP) is 1.33. The molecular formula is C11H18N2O2. The summed E-state index contributed by atoms with van der Waals surface area (Å²) < 4.78 is 6.42. The lowest BCUT2D eigenvalue weighted by Gasteiger charge is -2.09. The molecule has 0 aliphatic rings. The smallest absolute Gasteiger partial charge is 0.325 e. The lowest BCUT2D eigenvalue weighted by Crippen LogP contribution is -2.17. The molecule has 1 aromatic heterocycles. The van der Waals surface area contributed by atoms with E-state index in [-0.39, 0.29) is 12.5 Å². The summed E-state index contributed by atoms with van der Waals surface area (Å²) in [4.78, 5) is 11.0. The van der Waals surface area contributed by atoms with Crippen LogP contribution in [-0.4, -0.2) is 24.2 Å². The molecule has 0 saturated heterocycles. The standard InChI is InChI=1S/C11H18N2O2/c1-4-12-9(2)10-5-6-13(7-10)8-11(14)15-3/h5-7,9,12H,4,8H2,1-3H3. The van der Waals surface area contributed by atoms with Gasteiger partial charge < -0.3 is 14.6 Å². The van der Waals surface area contributed by atoms with Crippen molar-refractivity contribution in [2.45, 2.75) is 26.4 Å². The van der Waals surface area contributed by atoms with E-state index in [1.165, 1.54) is 12.7 Å². The summed E-state index contributed by atoms with van der Waals surface area (Å²) in [6.45, 7) is 5.38. The molecule has 1 rings (SSSR count). The minimum atomic E-state index is -0.228. The molecule has 15 heavy (non-hydrogen) atoms. The topological polar surface area (TPSA) is 43.3 Å². The number of nitrogens with one attached hydrogen (secondary N) is 1. The fraction of sp³-hybridized carbons (Fsp3) is 0.545. The summed E-state index contributed by atoms with van der Waals surface area (Å²) >= 11 is 0. The van der Waals surface area contributed by atoms with Crippen molar-refractivity contribution in [1.29, 1.82) is 0 Å². The molecule has 0 bridgehead atoms. The lowest BCUT2D eigenvalue weighted by molar-refractivity contribution is -0.141. The van der Waals surface area contributed by atoms with Gasteiger partial charge in [0.2, 0.25) is 0 Å². The van der Waals surface area contributed by atoms with Crippen molar-refractivity contribution in [1.82, 2.24) is 9.88 Å². The molecule has 0 spiro atoms. The highest BCUT2D eigenvalue weighted by atomic mass is 16.5. The lowest BCUT2D eigenvalue weighted by atomic mass is 10.2. The van der Waals surface area contributed by atoms with Crippen LogP contribution in [0.25, 0.3) is 0 Å². The van der Waals surface area contributed by atoms with Gasteiger partial charge in [0.25, 0.3) is 0 Å². The Morgan fingerprint density at radius 2 is 2.40 bits per heavy atom. The van der Waals surface area contributed by atoms with Crippen molar-refractivity contribution in [3.63, 3.8) is 0 Å². The van der Waals surface area contributed by atoms with E-state index in [4.69, 9.17) is 0 Å². The fourth-order valence-electron chi connectivity index (χ4n) is 1.45. The molecule has 0 radical (unpaired) electrons. The molecule has 0 fully saturated rings. The molecule has 0 aromatic carbocycles. The van der Waals surface area contributed by atoms with Crippen LogP contribution >= 0.6 is 0 Å².